The van der Waals surface area contributed by atoms with Gasteiger partial charge in [0, 0.05) is 10.6 Å². The van der Waals surface area contributed by atoms with Crippen LogP contribution in [0.2, 0.25) is 0 Å². The van der Waals surface area contributed by atoms with Gasteiger partial charge in [0.05, 0.1) is 12.2 Å². The summed E-state index contributed by atoms with van der Waals surface area (Å²) in [6, 6.07) is 5.34. The quantitative estimate of drug-likeness (QED) is 0.434. The third-order valence-electron chi connectivity index (χ3n) is 1.57. The van der Waals surface area contributed by atoms with Crippen LogP contribution in [0.1, 0.15) is 17.5 Å². The number of nitrogens with zero attached hydrogens (tertiary/aromatic N) is 4. The van der Waals surface area contributed by atoms with Gasteiger partial charge >= 0.3 is 0 Å². The predicted molar refractivity (Wildman–Crippen MR) is 47.9 cm³/mol. The Morgan fingerprint density at radius 2 is 2.46 bits per heavy atom. The molecule has 0 unspecified atom stereocenters. The highest BCUT2D eigenvalue weighted by atomic mass is 16.3. The topological polar surface area (TPSA) is 81.9 Å². The number of aliphatic hydroxyl groups is 1. The lowest BCUT2D eigenvalue weighted by Gasteiger charge is -2.06. The number of aromatic nitrogens is 1. The summed E-state index contributed by atoms with van der Waals surface area (Å²) >= 11 is 0. The van der Waals surface area contributed by atoms with Crippen molar-refractivity contribution in [2.45, 2.75) is 13.0 Å². The summed E-state index contributed by atoms with van der Waals surface area (Å²) in [6.45, 7) is 1.86. The number of hydrogen-bond acceptors (Lipinski definition) is 3. The van der Waals surface area contributed by atoms with Gasteiger partial charge in [-0.1, -0.05) is 11.2 Å². The molecule has 0 bridgehead atoms. The van der Waals surface area contributed by atoms with Crippen LogP contribution in [0, 0.1) is 6.92 Å². The van der Waals surface area contributed by atoms with Crippen molar-refractivity contribution < 1.29 is 5.11 Å². The van der Waals surface area contributed by atoms with E-state index in [0.717, 1.165) is 5.69 Å². The first-order chi connectivity index (χ1) is 6.24. The van der Waals surface area contributed by atoms with Gasteiger partial charge in [0.2, 0.25) is 0 Å². The molecule has 0 aromatic carbocycles. The summed E-state index contributed by atoms with van der Waals surface area (Å²) in [5, 5.41) is 12.7. The minimum absolute atomic E-state index is 0.0208. The standard InChI is InChI=1S/C8H10N4O/c1-6-3-2-4-7(11-6)8(13)5-10-12-9/h2-4,8,13H,5H2,1H3/t8-/m1/s1. The van der Waals surface area contributed by atoms with E-state index in [0.29, 0.717) is 5.69 Å². The molecule has 5 nitrogen and oxygen atoms in total. The minimum atomic E-state index is -0.809. The van der Waals surface area contributed by atoms with E-state index in [-0.39, 0.29) is 6.54 Å². The summed E-state index contributed by atoms with van der Waals surface area (Å²) in [5.41, 5.74) is 9.41. The van der Waals surface area contributed by atoms with Gasteiger partial charge in [-0.25, -0.2) is 0 Å². The van der Waals surface area contributed by atoms with Crippen molar-refractivity contribution in [1.29, 1.82) is 0 Å². The maximum absolute atomic E-state index is 9.45. The van der Waals surface area contributed by atoms with Crippen LogP contribution in [0.15, 0.2) is 23.3 Å². The lowest BCUT2D eigenvalue weighted by Crippen LogP contribution is -2.03. The molecule has 1 atom stereocenters. The molecule has 13 heavy (non-hydrogen) atoms. The molecule has 1 rings (SSSR count). The number of rotatable bonds is 3. The van der Waals surface area contributed by atoms with Gasteiger partial charge in [-0.05, 0) is 24.6 Å². The molecule has 0 aliphatic heterocycles. The molecule has 1 heterocycles. The van der Waals surface area contributed by atoms with Crippen molar-refractivity contribution in [3.63, 3.8) is 0 Å². The molecule has 0 saturated heterocycles. The molecule has 0 radical (unpaired) electrons. The van der Waals surface area contributed by atoms with Crippen LogP contribution in [-0.2, 0) is 0 Å². The van der Waals surface area contributed by atoms with Crippen LogP contribution in [-0.4, -0.2) is 16.6 Å². The molecule has 0 saturated carbocycles. The molecule has 1 aromatic rings. The zero-order chi connectivity index (χ0) is 9.68. The molecule has 0 amide bonds. The molecule has 0 fully saturated rings. The average molecular weight is 178 g/mol. The van der Waals surface area contributed by atoms with E-state index in [2.05, 4.69) is 15.0 Å². The van der Waals surface area contributed by atoms with Crippen LogP contribution in [0.25, 0.3) is 10.4 Å². The van der Waals surface area contributed by atoms with Crippen LogP contribution in [0.5, 0.6) is 0 Å². The molecule has 0 aliphatic carbocycles. The van der Waals surface area contributed by atoms with Gasteiger partial charge in [0.15, 0.2) is 0 Å². The molecule has 1 aromatic heterocycles. The van der Waals surface area contributed by atoms with Crippen molar-refractivity contribution in [1.82, 2.24) is 4.98 Å². The number of pyridine rings is 1. The van der Waals surface area contributed by atoms with Gasteiger partial charge in [-0.15, -0.1) is 0 Å². The number of aliphatic hydroxyl groups excluding tert-OH is 1. The fraction of sp³-hybridized carbons (Fsp3) is 0.375. The molecule has 5 heteroatoms. The molecular formula is C8H10N4O. The SMILES string of the molecule is Cc1cccc([C@H](O)CN=[N+]=[N-])n1. The Kier molecular flexibility index (Phi) is 3.25. The van der Waals surface area contributed by atoms with Crippen LogP contribution in [0.3, 0.4) is 0 Å². The van der Waals surface area contributed by atoms with Crippen molar-refractivity contribution in [3.05, 3.63) is 40.0 Å². The van der Waals surface area contributed by atoms with E-state index in [4.69, 9.17) is 5.53 Å². The fourth-order valence-corrected chi connectivity index (χ4v) is 0.957. The van der Waals surface area contributed by atoms with E-state index in [1.807, 2.05) is 13.0 Å². The second kappa shape index (κ2) is 4.45. The van der Waals surface area contributed by atoms with Crippen LogP contribution >= 0.6 is 0 Å². The smallest absolute Gasteiger partial charge is 0.102 e. The highest BCUT2D eigenvalue weighted by Gasteiger charge is 2.06. The Morgan fingerprint density at radius 3 is 3.08 bits per heavy atom. The summed E-state index contributed by atoms with van der Waals surface area (Å²) in [6.07, 6.45) is -0.809. The van der Waals surface area contributed by atoms with Crippen LogP contribution in [0.4, 0.5) is 0 Å². The second-order valence-corrected chi connectivity index (χ2v) is 2.63. The van der Waals surface area contributed by atoms with Gasteiger partial charge < -0.3 is 5.11 Å². The van der Waals surface area contributed by atoms with E-state index in [1.165, 1.54) is 0 Å². The van der Waals surface area contributed by atoms with E-state index < -0.39 is 6.10 Å². The summed E-state index contributed by atoms with van der Waals surface area (Å²) < 4.78 is 0. The Bertz CT molecular complexity index is 333. The van der Waals surface area contributed by atoms with Gasteiger partial charge in [0.1, 0.15) is 6.10 Å². The highest BCUT2D eigenvalue weighted by Crippen LogP contribution is 2.10. The lowest BCUT2D eigenvalue weighted by atomic mass is 10.2. The first-order valence-electron chi connectivity index (χ1n) is 3.86. The molecule has 0 spiro atoms. The van der Waals surface area contributed by atoms with Crippen LogP contribution < -0.4 is 0 Å². The Morgan fingerprint density at radius 1 is 1.69 bits per heavy atom. The summed E-state index contributed by atoms with van der Waals surface area (Å²) in [4.78, 5) is 6.65. The number of azide groups is 1. The molecule has 68 valence electrons. The highest BCUT2D eigenvalue weighted by molar-refractivity contribution is 5.12. The molecule has 1 N–H and O–H groups in total. The van der Waals surface area contributed by atoms with Gasteiger partial charge in [-0.2, -0.15) is 0 Å². The maximum Gasteiger partial charge on any atom is 0.102 e. The lowest BCUT2D eigenvalue weighted by molar-refractivity contribution is 0.182. The van der Waals surface area contributed by atoms with Crippen molar-refractivity contribution in [3.8, 4) is 0 Å². The van der Waals surface area contributed by atoms with Gasteiger partial charge in [-0.3, -0.25) is 4.98 Å². The Labute approximate surface area is 75.7 Å². The maximum atomic E-state index is 9.45. The minimum Gasteiger partial charge on any atom is -0.387 e. The van der Waals surface area contributed by atoms with E-state index in [1.54, 1.807) is 12.1 Å². The molecular weight excluding hydrogens is 168 g/mol. The Hall–Kier alpha value is -1.58. The number of aryl methyl sites for hydroxylation is 1. The zero-order valence-corrected chi connectivity index (χ0v) is 7.25. The summed E-state index contributed by atoms with van der Waals surface area (Å²) in [7, 11) is 0. The first kappa shape index (κ1) is 9.51. The first-order valence-corrected chi connectivity index (χ1v) is 3.86. The Balaban J connectivity index is 2.76. The average Bonchev–Trinajstić information content (AvgIpc) is 2.14. The van der Waals surface area contributed by atoms with Crippen molar-refractivity contribution in [2.24, 2.45) is 5.11 Å². The summed E-state index contributed by atoms with van der Waals surface area (Å²) in [5.74, 6) is 0. The third kappa shape index (κ3) is 2.74. The van der Waals surface area contributed by atoms with Crippen molar-refractivity contribution >= 4 is 0 Å². The zero-order valence-electron chi connectivity index (χ0n) is 7.25. The molecule has 0 aliphatic rings. The second-order valence-electron chi connectivity index (χ2n) is 2.63. The van der Waals surface area contributed by atoms with Crippen molar-refractivity contribution in [2.75, 3.05) is 6.54 Å². The van der Waals surface area contributed by atoms with E-state index in [9.17, 15) is 5.11 Å². The van der Waals surface area contributed by atoms with Gasteiger partial charge in [0.25, 0.3) is 0 Å². The monoisotopic (exact) mass is 178 g/mol. The number of hydrogen-bond donors (Lipinski definition) is 1. The predicted octanol–water partition coefficient (Wildman–Crippen LogP) is 1.73. The normalized spacial score (nSPS) is 11.8. The third-order valence-corrected chi connectivity index (χ3v) is 1.57. The largest absolute Gasteiger partial charge is 0.387 e. The van der Waals surface area contributed by atoms with E-state index >= 15 is 0 Å². The fourth-order valence-electron chi connectivity index (χ4n) is 0.957.